The molecule has 0 radical (unpaired) electrons. The van der Waals surface area contributed by atoms with Crippen LogP contribution in [0, 0.1) is 6.92 Å². The average molecular weight is 352 g/mol. The van der Waals surface area contributed by atoms with Crippen LogP contribution in [-0.4, -0.2) is 48.3 Å². The summed E-state index contributed by atoms with van der Waals surface area (Å²) in [4.78, 5) is 15.0. The van der Waals surface area contributed by atoms with Crippen LogP contribution in [0.4, 0.5) is 0 Å². The van der Waals surface area contributed by atoms with Crippen molar-refractivity contribution in [1.29, 1.82) is 0 Å². The molecule has 0 spiro atoms. The van der Waals surface area contributed by atoms with Crippen molar-refractivity contribution in [2.45, 2.75) is 45.6 Å². The van der Waals surface area contributed by atoms with Gasteiger partial charge in [0.15, 0.2) is 5.65 Å². The van der Waals surface area contributed by atoms with Crippen molar-refractivity contribution < 1.29 is 4.79 Å². The number of pyridine rings is 1. The fourth-order valence-electron chi connectivity index (χ4n) is 3.75. The van der Waals surface area contributed by atoms with E-state index in [0.717, 1.165) is 49.5 Å². The summed E-state index contributed by atoms with van der Waals surface area (Å²) in [5, 5.41) is 13.1. The lowest BCUT2D eigenvalue weighted by Gasteiger charge is -2.31. The van der Waals surface area contributed by atoms with E-state index < -0.39 is 0 Å². The number of carbonyl (C=O) groups excluding carboxylic acids is 1. The van der Waals surface area contributed by atoms with Crippen molar-refractivity contribution in [1.82, 2.24) is 29.3 Å². The lowest BCUT2D eigenvalue weighted by Crippen LogP contribution is -2.39. The van der Waals surface area contributed by atoms with Crippen molar-refractivity contribution in [2.24, 2.45) is 0 Å². The Morgan fingerprint density at radius 2 is 2.19 bits per heavy atom. The molecule has 0 bridgehead atoms. The SMILES string of the molecule is CCCn1cc(C(=O)N2CCCC(c3nnc4ccccn34)C2)c(C)n1. The minimum Gasteiger partial charge on any atom is -0.338 e. The van der Waals surface area contributed by atoms with E-state index in [-0.39, 0.29) is 11.8 Å². The first-order chi connectivity index (χ1) is 12.7. The van der Waals surface area contributed by atoms with Crippen LogP contribution in [-0.2, 0) is 6.54 Å². The monoisotopic (exact) mass is 352 g/mol. The number of aryl methyl sites for hydroxylation is 2. The molecule has 1 fully saturated rings. The Kier molecular flexibility index (Phi) is 4.44. The maximum absolute atomic E-state index is 13.0. The molecule has 1 atom stereocenters. The highest BCUT2D eigenvalue weighted by Crippen LogP contribution is 2.27. The van der Waals surface area contributed by atoms with Crippen molar-refractivity contribution >= 4 is 11.6 Å². The van der Waals surface area contributed by atoms with Gasteiger partial charge in [0, 0.05) is 37.9 Å². The predicted molar refractivity (Wildman–Crippen MR) is 98.1 cm³/mol. The van der Waals surface area contributed by atoms with Gasteiger partial charge in [-0.05, 0) is 38.3 Å². The quantitative estimate of drug-likeness (QED) is 0.724. The second kappa shape index (κ2) is 6.90. The van der Waals surface area contributed by atoms with Gasteiger partial charge in [-0.1, -0.05) is 13.0 Å². The molecule has 7 heteroatoms. The molecule has 0 N–H and O–H groups in total. The first-order valence-electron chi connectivity index (χ1n) is 9.30. The normalized spacial score (nSPS) is 17.8. The number of carbonyl (C=O) groups is 1. The maximum atomic E-state index is 13.0. The molecule has 1 unspecified atom stereocenters. The summed E-state index contributed by atoms with van der Waals surface area (Å²) in [7, 11) is 0. The van der Waals surface area contributed by atoms with Crippen LogP contribution in [0.5, 0.6) is 0 Å². The van der Waals surface area contributed by atoms with E-state index in [4.69, 9.17) is 0 Å². The van der Waals surface area contributed by atoms with Crippen LogP contribution >= 0.6 is 0 Å². The number of likely N-dealkylation sites (tertiary alicyclic amines) is 1. The van der Waals surface area contributed by atoms with Crippen molar-refractivity contribution in [3.8, 4) is 0 Å². The van der Waals surface area contributed by atoms with E-state index in [0.29, 0.717) is 12.1 Å². The van der Waals surface area contributed by atoms with Gasteiger partial charge in [0.1, 0.15) is 5.82 Å². The molecular formula is C19H24N6O. The van der Waals surface area contributed by atoms with Crippen molar-refractivity contribution in [3.63, 3.8) is 0 Å². The molecule has 1 amide bonds. The zero-order valence-electron chi connectivity index (χ0n) is 15.3. The number of aromatic nitrogens is 5. The van der Waals surface area contributed by atoms with E-state index in [1.165, 1.54) is 0 Å². The van der Waals surface area contributed by atoms with Crippen molar-refractivity contribution in [2.75, 3.05) is 13.1 Å². The number of hydrogen-bond acceptors (Lipinski definition) is 4. The lowest BCUT2D eigenvalue weighted by atomic mass is 9.96. The van der Waals surface area contributed by atoms with Gasteiger partial charge >= 0.3 is 0 Å². The largest absolute Gasteiger partial charge is 0.338 e. The molecule has 0 aliphatic carbocycles. The fraction of sp³-hybridized carbons (Fsp3) is 0.474. The molecule has 0 saturated carbocycles. The fourth-order valence-corrected chi connectivity index (χ4v) is 3.75. The number of nitrogens with zero attached hydrogens (tertiary/aromatic N) is 6. The number of piperidine rings is 1. The molecule has 4 rings (SSSR count). The third-order valence-electron chi connectivity index (χ3n) is 5.04. The van der Waals surface area contributed by atoms with Gasteiger partial charge in [-0.3, -0.25) is 13.9 Å². The van der Waals surface area contributed by atoms with Crippen molar-refractivity contribution in [3.05, 3.63) is 47.7 Å². The van der Waals surface area contributed by atoms with E-state index >= 15 is 0 Å². The smallest absolute Gasteiger partial charge is 0.257 e. The number of hydrogen-bond donors (Lipinski definition) is 0. The Morgan fingerprint density at radius 3 is 3.04 bits per heavy atom. The number of fused-ring (bicyclic) bond motifs is 1. The molecule has 3 aromatic rings. The molecule has 136 valence electrons. The van der Waals surface area contributed by atoms with Gasteiger partial charge < -0.3 is 4.90 Å². The zero-order chi connectivity index (χ0) is 18.1. The van der Waals surface area contributed by atoms with E-state index in [9.17, 15) is 4.79 Å². The molecule has 26 heavy (non-hydrogen) atoms. The van der Waals surface area contributed by atoms with Gasteiger partial charge in [0.05, 0.1) is 11.3 Å². The van der Waals surface area contributed by atoms with Crippen LogP contribution in [0.15, 0.2) is 30.6 Å². The highest BCUT2D eigenvalue weighted by Gasteiger charge is 2.29. The first kappa shape index (κ1) is 16.8. The molecule has 4 heterocycles. The summed E-state index contributed by atoms with van der Waals surface area (Å²) in [5.41, 5.74) is 2.37. The zero-order valence-corrected chi connectivity index (χ0v) is 15.3. The molecule has 1 aliphatic rings. The Bertz CT molecular complexity index is 927. The third kappa shape index (κ3) is 2.98. The predicted octanol–water partition coefficient (Wildman–Crippen LogP) is 2.66. The number of amides is 1. The Labute approximate surface area is 152 Å². The summed E-state index contributed by atoms with van der Waals surface area (Å²) < 4.78 is 3.90. The molecule has 7 nitrogen and oxygen atoms in total. The van der Waals surface area contributed by atoms with Crippen LogP contribution in [0.25, 0.3) is 5.65 Å². The second-order valence-corrected chi connectivity index (χ2v) is 6.97. The third-order valence-corrected chi connectivity index (χ3v) is 5.04. The molecular weight excluding hydrogens is 328 g/mol. The molecule has 3 aromatic heterocycles. The van der Waals surface area contributed by atoms with Crippen LogP contribution in [0.3, 0.4) is 0 Å². The summed E-state index contributed by atoms with van der Waals surface area (Å²) in [6.45, 7) is 6.31. The molecule has 1 saturated heterocycles. The van der Waals surface area contributed by atoms with Gasteiger partial charge in [-0.2, -0.15) is 5.10 Å². The van der Waals surface area contributed by atoms with Crippen LogP contribution in [0.1, 0.15) is 54.0 Å². The van der Waals surface area contributed by atoms with Gasteiger partial charge in [-0.25, -0.2) is 0 Å². The molecule has 1 aliphatic heterocycles. The van der Waals surface area contributed by atoms with Gasteiger partial charge in [0.25, 0.3) is 5.91 Å². The Morgan fingerprint density at radius 1 is 1.31 bits per heavy atom. The minimum absolute atomic E-state index is 0.0726. The maximum Gasteiger partial charge on any atom is 0.257 e. The lowest BCUT2D eigenvalue weighted by molar-refractivity contribution is 0.0703. The van der Waals surface area contributed by atoms with E-state index in [2.05, 4.69) is 22.2 Å². The molecule has 0 aromatic carbocycles. The van der Waals surface area contributed by atoms with E-state index in [1.807, 2.05) is 51.5 Å². The highest BCUT2D eigenvalue weighted by atomic mass is 16.2. The average Bonchev–Trinajstić information content (AvgIpc) is 3.25. The summed E-state index contributed by atoms with van der Waals surface area (Å²) in [5.74, 6) is 1.22. The van der Waals surface area contributed by atoms with Gasteiger partial charge in [0.2, 0.25) is 0 Å². The first-order valence-corrected chi connectivity index (χ1v) is 9.30. The topological polar surface area (TPSA) is 68.3 Å². The standard InChI is InChI=1S/C19H24N6O/c1-3-9-24-13-16(14(2)22-24)19(26)23-10-6-7-15(12-23)18-21-20-17-8-4-5-11-25(17)18/h4-5,8,11,13,15H,3,6-7,9-10,12H2,1-2H3. The van der Waals surface area contributed by atoms with Gasteiger partial charge in [-0.15, -0.1) is 10.2 Å². The highest BCUT2D eigenvalue weighted by molar-refractivity contribution is 5.95. The summed E-state index contributed by atoms with van der Waals surface area (Å²) in [6, 6.07) is 5.89. The van der Waals surface area contributed by atoms with Crippen LogP contribution in [0.2, 0.25) is 0 Å². The van der Waals surface area contributed by atoms with Crippen LogP contribution < -0.4 is 0 Å². The minimum atomic E-state index is 0.0726. The van der Waals surface area contributed by atoms with E-state index in [1.54, 1.807) is 0 Å². The Balaban J connectivity index is 1.56. The Hall–Kier alpha value is -2.70. The summed E-state index contributed by atoms with van der Waals surface area (Å²) >= 11 is 0. The summed E-state index contributed by atoms with van der Waals surface area (Å²) in [6.07, 6.45) is 6.87. The number of rotatable bonds is 4. The second-order valence-electron chi connectivity index (χ2n) is 6.97.